The van der Waals surface area contributed by atoms with E-state index in [0.29, 0.717) is 28.6 Å². The molecule has 4 N–H and O–H groups in total. The van der Waals surface area contributed by atoms with Crippen LogP contribution in [0.4, 0.5) is 0 Å². The van der Waals surface area contributed by atoms with Crippen molar-refractivity contribution in [1.29, 1.82) is 0 Å². The first kappa shape index (κ1) is 23.1. The first-order chi connectivity index (χ1) is 15.8. The molecule has 0 aliphatic carbocycles. The van der Waals surface area contributed by atoms with Gasteiger partial charge in [0.1, 0.15) is 16.7 Å². The Morgan fingerprint density at radius 3 is 2.85 bits per heavy atom. The van der Waals surface area contributed by atoms with E-state index in [9.17, 15) is 14.4 Å². The first-order valence-electron chi connectivity index (χ1n) is 10.4. The van der Waals surface area contributed by atoms with Gasteiger partial charge < -0.3 is 21.3 Å². The molecule has 3 atom stereocenters. The summed E-state index contributed by atoms with van der Waals surface area (Å²) >= 11 is 7.37. The number of carbonyl (C=O) groups excluding carboxylic acids is 3. The summed E-state index contributed by atoms with van der Waals surface area (Å²) in [4.78, 5) is 48.0. The average Bonchev–Trinajstić information content (AvgIpc) is 3.44. The molecule has 0 spiro atoms. The molecule has 0 bridgehead atoms. The monoisotopic (exact) mass is 486 g/mol. The van der Waals surface area contributed by atoms with Crippen molar-refractivity contribution >= 4 is 51.6 Å². The van der Waals surface area contributed by atoms with Crippen LogP contribution in [0, 0.1) is 0 Å². The number of hydrogen-bond donors (Lipinski definition) is 3. The van der Waals surface area contributed by atoms with Crippen molar-refractivity contribution in [2.45, 2.75) is 31.5 Å². The van der Waals surface area contributed by atoms with Crippen LogP contribution in [0.25, 0.3) is 10.9 Å². The van der Waals surface area contributed by atoms with Crippen LogP contribution in [0.1, 0.15) is 45.2 Å². The van der Waals surface area contributed by atoms with Gasteiger partial charge in [0.05, 0.1) is 17.1 Å². The molecule has 33 heavy (non-hydrogen) atoms. The SMILES string of the molecule is CNC(=O)C(C)NC(=O)c1csc([C@@H]2C[C@@H](N)CN2C(=O)c2cnc3ccc(Cl)cc3c2)n1. The molecular weight excluding hydrogens is 464 g/mol. The molecule has 4 rings (SSSR count). The number of nitrogens with two attached hydrogens (primary N) is 1. The summed E-state index contributed by atoms with van der Waals surface area (Å²) in [6.07, 6.45) is 2.07. The molecule has 1 saturated heterocycles. The number of nitrogens with zero attached hydrogens (tertiary/aromatic N) is 3. The Balaban J connectivity index is 1.55. The third-order valence-electron chi connectivity index (χ3n) is 5.51. The molecular formula is C22H23ClN6O3S. The van der Waals surface area contributed by atoms with Gasteiger partial charge >= 0.3 is 0 Å². The molecule has 1 unspecified atom stereocenters. The Labute approximate surface area is 199 Å². The van der Waals surface area contributed by atoms with Gasteiger partial charge in [0.2, 0.25) is 5.91 Å². The van der Waals surface area contributed by atoms with Gasteiger partial charge in [-0.05, 0) is 37.6 Å². The van der Waals surface area contributed by atoms with Crippen molar-refractivity contribution in [3.05, 3.63) is 57.1 Å². The highest BCUT2D eigenvalue weighted by atomic mass is 35.5. The lowest BCUT2D eigenvalue weighted by Crippen LogP contribution is -2.43. The lowest BCUT2D eigenvalue weighted by atomic mass is 10.1. The van der Waals surface area contributed by atoms with Gasteiger partial charge in [-0.1, -0.05) is 11.6 Å². The summed E-state index contributed by atoms with van der Waals surface area (Å²) < 4.78 is 0. The quantitative estimate of drug-likeness (QED) is 0.506. The van der Waals surface area contributed by atoms with E-state index in [2.05, 4.69) is 20.6 Å². The topological polar surface area (TPSA) is 130 Å². The number of aromatic nitrogens is 2. The molecule has 172 valence electrons. The van der Waals surface area contributed by atoms with Crippen LogP contribution in [-0.2, 0) is 4.79 Å². The van der Waals surface area contributed by atoms with Crippen LogP contribution in [-0.4, -0.2) is 58.3 Å². The Morgan fingerprint density at radius 1 is 1.30 bits per heavy atom. The van der Waals surface area contributed by atoms with Crippen molar-refractivity contribution in [2.75, 3.05) is 13.6 Å². The highest BCUT2D eigenvalue weighted by Crippen LogP contribution is 2.34. The summed E-state index contributed by atoms with van der Waals surface area (Å²) in [6, 6.07) is 5.81. The molecule has 11 heteroatoms. The number of fused-ring (bicyclic) bond motifs is 1. The molecule has 3 heterocycles. The lowest BCUT2D eigenvalue weighted by Gasteiger charge is -2.23. The number of carbonyl (C=O) groups is 3. The molecule has 0 radical (unpaired) electrons. The lowest BCUT2D eigenvalue weighted by molar-refractivity contribution is -0.122. The zero-order chi connectivity index (χ0) is 23.7. The standard InChI is InChI=1S/C22H23ClN6O3S/c1-11(19(30)25-2)27-20(31)17-10-33-21(28-17)18-7-15(24)9-29(18)22(32)13-5-12-6-14(23)3-4-16(12)26-8-13/h3-6,8,10-11,15,18H,7,9,24H2,1-2H3,(H,25,30)(H,27,31)/t11?,15-,18+/m1/s1. The number of likely N-dealkylation sites (N-methyl/N-ethyl adjacent to an activating group) is 1. The zero-order valence-corrected chi connectivity index (χ0v) is 19.6. The maximum absolute atomic E-state index is 13.3. The number of halogens is 1. The molecule has 0 saturated carbocycles. The smallest absolute Gasteiger partial charge is 0.271 e. The number of pyridine rings is 1. The predicted molar refractivity (Wildman–Crippen MR) is 126 cm³/mol. The summed E-state index contributed by atoms with van der Waals surface area (Å²) in [5.74, 6) is -0.969. The molecule has 9 nitrogen and oxygen atoms in total. The Hall–Kier alpha value is -3.08. The zero-order valence-electron chi connectivity index (χ0n) is 18.0. The highest BCUT2D eigenvalue weighted by Gasteiger charge is 2.37. The number of amides is 3. The van der Waals surface area contributed by atoms with E-state index < -0.39 is 11.9 Å². The van der Waals surface area contributed by atoms with Gasteiger partial charge in [-0.3, -0.25) is 19.4 Å². The van der Waals surface area contributed by atoms with E-state index >= 15 is 0 Å². The third kappa shape index (κ3) is 4.82. The van der Waals surface area contributed by atoms with E-state index in [4.69, 9.17) is 17.3 Å². The molecule has 1 aliphatic rings. The van der Waals surface area contributed by atoms with Crippen LogP contribution in [0.2, 0.25) is 5.02 Å². The van der Waals surface area contributed by atoms with Crippen LogP contribution in [0.15, 0.2) is 35.8 Å². The fourth-order valence-electron chi connectivity index (χ4n) is 3.81. The van der Waals surface area contributed by atoms with Crippen molar-refractivity contribution < 1.29 is 14.4 Å². The molecule has 1 aliphatic heterocycles. The van der Waals surface area contributed by atoms with E-state index in [1.54, 1.807) is 47.7 Å². The normalized spacial score (nSPS) is 18.8. The fourth-order valence-corrected chi connectivity index (χ4v) is 4.91. The number of benzene rings is 1. The van der Waals surface area contributed by atoms with Gasteiger partial charge in [0, 0.05) is 41.6 Å². The number of likely N-dealkylation sites (tertiary alicyclic amines) is 1. The van der Waals surface area contributed by atoms with E-state index in [0.717, 1.165) is 10.9 Å². The number of thiazole rings is 1. The average molecular weight is 487 g/mol. The largest absolute Gasteiger partial charge is 0.357 e. The van der Waals surface area contributed by atoms with Crippen molar-refractivity contribution in [2.24, 2.45) is 5.73 Å². The molecule has 3 aromatic rings. The van der Waals surface area contributed by atoms with Crippen LogP contribution in [0.3, 0.4) is 0 Å². The molecule has 2 aromatic heterocycles. The minimum Gasteiger partial charge on any atom is -0.357 e. The van der Waals surface area contributed by atoms with E-state index in [1.165, 1.54) is 18.4 Å². The van der Waals surface area contributed by atoms with Gasteiger partial charge in [-0.15, -0.1) is 11.3 Å². The van der Waals surface area contributed by atoms with Crippen LogP contribution < -0.4 is 16.4 Å². The van der Waals surface area contributed by atoms with Gasteiger partial charge in [0.15, 0.2) is 0 Å². The minimum absolute atomic E-state index is 0.195. The summed E-state index contributed by atoms with van der Waals surface area (Å²) in [6.45, 7) is 1.96. The molecule has 3 amide bonds. The Morgan fingerprint density at radius 2 is 2.09 bits per heavy atom. The second-order valence-electron chi connectivity index (χ2n) is 7.91. The highest BCUT2D eigenvalue weighted by molar-refractivity contribution is 7.09. The van der Waals surface area contributed by atoms with Crippen LogP contribution in [0.5, 0.6) is 0 Å². The van der Waals surface area contributed by atoms with Crippen molar-refractivity contribution in [3.63, 3.8) is 0 Å². The summed E-state index contributed by atoms with van der Waals surface area (Å²) in [5, 5.41) is 8.66. The maximum atomic E-state index is 13.3. The fraction of sp³-hybridized carbons (Fsp3) is 0.318. The first-order valence-corrected chi connectivity index (χ1v) is 11.6. The molecule has 1 aromatic carbocycles. The Kier molecular flexibility index (Phi) is 6.59. The summed E-state index contributed by atoms with van der Waals surface area (Å²) in [7, 11) is 1.50. The maximum Gasteiger partial charge on any atom is 0.271 e. The van der Waals surface area contributed by atoms with Gasteiger partial charge in [-0.25, -0.2) is 4.98 Å². The third-order valence-corrected chi connectivity index (χ3v) is 6.69. The van der Waals surface area contributed by atoms with E-state index in [1.807, 2.05) is 0 Å². The number of rotatable bonds is 5. The number of nitrogens with one attached hydrogen (secondary N) is 2. The number of hydrogen-bond acceptors (Lipinski definition) is 7. The van der Waals surface area contributed by atoms with Crippen molar-refractivity contribution in [3.8, 4) is 0 Å². The second kappa shape index (κ2) is 9.42. The minimum atomic E-state index is -0.695. The second-order valence-corrected chi connectivity index (χ2v) is 9.24. The summed E-state index contributed by atoms with van der Waals surface area (Å²) in [5.41, 5.74) is 7.55. The predicted octanol–water partition coefficient (Wildman–Crippen LogP) is 2.12. The van der Waals surface area contributed by atoms with Crippen molar-refractivity contribution in [1.82, 2.24) is 25.5 Å². The van der Waals surface area contributed by atoms with Crippen LogP contribution >= 0.6 is 22.9 Å². The van der Waals surface area contributed by atoms with Gasteiger partial charge in [-0.2, -0.15) is 0 Å². The molecule has 1 fully saturated rings. The van der Waals surface area contributed by atoms with E-state index in [-0.39, 0.29) is 29.6 Å². The van der Waals surface area contributed by atoms with Gasteiger partial charge in [0.25, 0.3) is 11.8 Å². The Bertz CT molecular complexity index is 1230.